The second-order valence-corrected chi connectivity index (χ2v) is 6.45. The summed E-state index contributed by atoms with van der Waals surface area (Å²) < 4.78 is 27.0. The molecule has 0 heterocycles. The summed E-state index contributed by atoms with van der Waals surface area (Å²) in [6.07, 6.45) is 1.71. The fraction of sp³-hybridized carbons (Fsp3) is 0.0667. The van der Waals surface area contributed by atoms with Gasteiger partial charge in [0.2, 0.25) is 0 Å². The van der Waals surface area contributed by atoms with E-state index in [2.05, 4.69) is 27.2 Å². The van der Waals surface area contributed by atoms with E-state index < -0.39 is 10.0 Å². The van der Waals surface area contributed by atoms with Crippen LogP contribution in [0.15, 0.2) is 60.0 Å². The zero-order valence-electron chi connectivity index (χ0n) is 10.7. The normalized spacial score (nSPS) is 11.1. The molecule has 1 N–H and O–H groups in total. The molecule has 0 radical (unpaired) electrons. The molecule has 2 aromatic rings. The average molecular weight is 352 g/mol. The van der Waals surface area contributed by atoms with Gasteiger partial charge in [-0.25, -0.2) is 8.42 Å². The molecule has 3 nitrogen and oxygen atoms in total. The number of hydrogen-bond acceptors (Lipinski definition) is 2. The van der Waals surface area contributed by atoms with Crippen LogP contribution in [-0.4, -0.2) is 8.42 Å². The van der Waals surface area contributed by atoms with Gasteiger partial charge < -0.3 is 0 Å². The van der Waals surface area contributed by atoms with E-state index in [4.69, 9.17) is 0 Å². The molecule has 0 unspecified atom stereocenters. The third-order valence-electron chi connectivity index (χ3n) is 2.79. The van der Waals surface area contributed by atoms with Gasteiger partial charge in [-0.05, 0) is 35.4 Å². The van der Waals surface area contributed by atoms with Gasteiger partial charge in [0, 0.05) is 11.0 Å². The van der Waals surface area contributed by atoms with Gasteiger partial charge in [0.1, 0.15) is 0 Å². The minimum absolute atomic E-state index is 0.245. The van der Waals surface area contributed by atoms with Crippen LogP contribution in [0.3, 0.4) is 0 Å². The molecule has 2 rings (SSSR count). The molecule has 0 aliphatic heterocycles. The van der Waals surface area contributed by atoms with Crippen molar-refractivity contribution >= 4 is 37.7 Å². The first kappa shape index (κ1) is 14.8. The first-order valence-electron chi connectivity index (χ1n) is 5.95. The molecule has 0 fully saturated rings. The Labute approximate surface area is 127 Å². The third kappa shape index (κ3) is 3.49. The number of alkyl halides is 1. The number of sulfonamides is 1. The SMILES string of the molecule is C=Cc1ccc(NS(=O)(=O)c2ccc(CBr)cc2)cc1. The van der Waals surface area contributed by atoms with Gasteiger partial charge in [0.15, 0.2) is 0 Å². The van der Waals surface area contributed by atoms with Crippen molar-refractivity contribution in [2.75, 3.05) is 4.72 Å². The van der Waals surface area contributed by atoms with Gasteiger partial charge in [-0.15, -0.1) is 0 Å². The van der Waals surface area contributed by atoms with Crippen molar-refractivity contribution in [1.29, 1.82) is 0 Å². The first-order valence-corrected chi connectivity index (χ1v) is 8.56. The highest BCUT2D eigenvalue weighted by atomic mass is 79.9. The number of nitrogens with one attached hydrogen (secondary N) is 1. The standard InChI is InChI=1S/C15H14BrNO2S/c1-2-12-3-7-14(8-4-12)17-20(18,19)15-9-5-13(11-16)6-10-15/h2-10,17H,1,11H2. The predicted octanol–water partition coefficient (Wildman–Crippen LogP) is 4.03. The van der Waals surface area contributed by atoms with Gasteiger partial charge in [-0.1, -0.05) is 52.9 Å². The molecular formula is C15H14BrNO2S. The highest BCUT2D eigenvalue weighted by Crippen LogP contribution is 2.18. The summed E-state index contributed by atoms with van der Waals surface area (Å²) in [5.74, 6) is 0. The van der Waals surface area contributed by atoms with Crippen LogP contribution in [0.25, 0.3) is 6.08 Å². The van der Waals surface area contributed by atoms with Crippen LogP contribution in [0.2, 0.25) is 0 Å². The summed E-state index contributed by atoms with van der Waals surface area (Å²) >= 11 is 3.33. The molecule has 0 amide bonds. The second kappa shape index (κ2) is 6.24. The van der Waals surface area contributed by atoms with Crippen molar-refractivity contribution in [2.45, 2.75) is 10.2 Å². The topological polar surface area (TPSA) is 46.2 Å². The van der Waals surface area contributed by atoms with Crippen LogP contribution < -0.4 is 4.72 Å². The second-order valence-electron chi connectivity index (χ2n) is 4.21. The van der Waals surface area contributed by atoms with Gasteiger partial charge >= 0.3 is 0 Å². The molecule has 0 aliphatic carbocycles. The van der Waals surface area contributed by atoms with Gasteiger partial charge in [-0.3, -0.25) is 4.72 Å². The van der Waals surface area contributed by atoms with Crippen LogP contribution in [0.4, 0.5) is 5.69 Å². The molecule has 2 aromatic carbocycles. The molecule has 5 heteroatoms. The van der Waals surface area contributed by atoms with E-state index in [-0.39, 0.29) is 4.90 Å². The molecular weight excluding hydrogens is 338 g/mol. The Balaban J connectivity index is 2.22. The van der Waals surface area contributed by atoms with Crippen molar-refractivity contribution in [3.8, 4) is 0 Å². The van der Waals surface area contributed by atoms with Crippen molar-refractivity contribution < 1.29 is 8.42 Å². The minimum Gasteiger partial charge on any atom is -0.280 e. The van der Waals surface area contributed by atoms with E-state index in [0.717, 1.165) is 11.1 Å². The van der Waals surface area contributed by atoms with E-state index >= 15 is 0 Å². The summed E-state index contributed by atoms with van der Waals surface area (Å²) in [6.45, 7) is 3.66. The molecule has 0 spiro atoms. The fourth-order valence-electron chi connectivity index (χ4n) is 1.66. The summed E-state index contributed by atoms with van der Waals surface area (Å²) in [7, 11) is -3.55. The molecule has 0 aromatic heterocycles. The highest BCUT2D eigenvalue weighted by Gasteiger charge is 2.13. The number of benzene rings is 2. The zero-order chi connectivity index (χ0) is 14.6. The van der Waals surface area contributed by atoms with Gasteiger partial charge in [0.05, 0.1) is 4.90 Å². The number of hydrogen-bond donors (Lipinski definition) is 1. The highest BCUT2D eigenvalue weighted by molar-refractivity contribution is 9.08. The minimum atomic E-state index is -3.55. The molecule has 0 saturated carbocycles. The molecule has 104 valence electrons. The smallest absolute Gasteiger partial charge is 0.261 e. The summed E-state index contributed by atoms with van der Waals surface area (Å²) in [5.41, 5.74) is 2.49. The van der Waals surface area contributed by atoms with Crippen molar-refractivity contribution in [2.24, 2.45) is 0 Å². The largest absolute Gasteiger partial charge is 0.280 e. The van der Waals surface area contributed by atoms with Gasteiger partial charge in [0.25, 0.3) is 10.0 Å². The maximum absolute atomic E-state index is 12.2. The van der Waals surface area contributed by atoms with E-state index in [9.17, 15) is 8.42 Å². The predicted molar refractivity (Wildman–Crippen MR) is 86.4 cm³/mol. The monoisotopic (exact) mass is 351 g/mol. The lowest BCUT2D eigenvalue weighted by Crippen LogP contribution is -2.12. The Kier molecular flexibility index (Phi) is 4.62. The Morgan fingerprint density at radius 2 is 1.65 bits per heavy atom. The van der Waals surface area contributed by atoms with Crippen LogP contribution in [0, 0.1) is 0 Å². The van der Waals surface area contributed by atoms with E-state index in [1.165, 1.54) is 0 Å². The number of anilines is 1. The Bertz CT molecular complexity index is 692. The summed E-state index contributed by atoms with van der Waals surface area (Å²) in [6, 6.07) is 13.8. The maximum atomic E-state index is 12.2. The van der Waals surface area contributed by atoms with E-state index in [0.29, 0.717) is 11.0 Å². The fourth-order valence-corrected chi connectivity index (χ4v) is 3.09. The molecule has 20 heavy (non-hydrogen) atoms. The van der Waals surface area contributed by atoms with Crippen molar-refractivity contribution in [3.63, 3.8) is 0 Å². The zero-order valence-corrected chi connectivity index (χ0v) is 13.1. The van der Waals surface area contributed by atoms with Crippen LogP contribution >= 0.6 is 15.9 Å². The third-order valence-corrected chi connectivity index (χ3v) is 4.83. The first-order chi connectivity index (χ1) is 9.55. The van der Waals surface area contributed by atoms with Crippen LogP contribution in [0.1, 0.15) is 11.1 Å². The molecule has 0 bridgehead atoms. The van der Waals surface area contributed by atoms with Crippen molar-refractivity contribution in [1.82, 2.24) is 0 Å². The number of rotatable bonds is 5. The lowest BCUT2D eigenvalue weighted by Gasteiger charge is -2.08. The van der Waals surface area contributed by atoms with E-state index in [1.54, 1.807) is 54.6 Å². The Morgan fingerprint density at radius 3 is 2.15 bits per heavy atom. The number of halogens is 1. The molecule has 0 atom stereocenters. The Morgan fingerprint density at radius 1 is 1.05 bits per heavy atom. The average Bonchev–Trinajstić information content (AvgIpc) is 2.48. The molecule has 0 aliphatic rings. The maximum Gasteiger partial charge on any atom is 0.261 e. The quantitative estimate of drug-likeness (QED) is 0.826. The lowest BCUT2D eigenvalue weighted by atomic mass is 10.2. The molecule has 0 saturated heterocycles. The van der Waals surface area contributed by atoms with E-state index in [1.807, 2.05) is 0 Å². The summed E-state index contributed by atoms with van der Waals surface area (Å²) in [4.78, 5) is 0.245. The summed E-state index contributed by atoms with van der Waals surface area (Å²) in [5, 5.41) is 0.698. The van der Waals surface area contributed by atoms with Crippen LogP contribution in [0.5, 0.6) is 0 Å². The van der Waals surface area contributed by atoms with Crippen molar-refractivity contribution in [3.05, 3.63) is 66.2 Å². The Hall–Kier alpha value is -1.59. The van der Waals surface area contributed by atoms with Crippen LogP contribution in [-0.2, 0) is 15.4 Å². The lowest BCUT2D eigenvalue weighted by molar-refractivity contribution is 0.601. The van der Waals surface area contributed by atoms with Gasteiger partial charge in [-0.2, -0.15) is 0 Å².